The lowest BCUT2D eigenvalue weighted by atomic mass is 10.0. The fourth-order valence-electron chi connectivity index (χ4n) is 2.92. The Labute approximate surface area is 135 Å². The molecule has 0 saturated heterocycles. The number of benzene rings is 2. The van der Waals surface area contributed by atoms with Crippen LogP contribution in [0.2, 0.25) is 19.6 Å². The molecule has 3 aromatic rings. The Kier molecular flexibility index (Phi) is 3.34. The highest BCUT2D eigenvalue weighted by molar-refractivity contribution is 6.88. The number of pyridine rings is 1. The SMILES string of the molecule is [2H]c1cc2cc([Si](C)(C)C)ccc2c(-c2cc(C)cc(C)c2)n1. The van der Waals surface area contributed by atoms with Gasteiger partial charge in [-0.1, -0.05) is 60.2 Å². The van der Waals surface area contributed by atoms with Gasteiger partial charge in [0.25, 0.3) is 0 Å². The lowest BCUT2D eigenvalue weighted by Gasteiger charge is -2.17. The van der Waals surface area contributed by atoms with Gasteiger partial charge >= 0.3 is 0 Å². The first-order valence-electron chi connectivity index (χ1n) is 8.24. The Morgan fingerprint density at radius 1 is 0.909 bits per heavy atom. The van der Waals surface area contributed by atoms with Crippen molar-refractivity contribution < 1.29 is 1.37 Å². The Hall–Kier alpha value is -1.93. The highest BCUT2D eigenvalue weighted by atomic mass is 28.3. The number of hydrogen-bond donors (Lipinski definition) is 0. The number of nitrogens with zero attached hydrogens (tertiary/aromatic N) is 1. The van der Waals surface area contributed by atoms with Crippen molar-refractivity contribution in [1.29, 1.82) is 0 Å². The molecule has 112 valence electrons. The molecule has 0 aliphatic heterocycles. The lowest BCUT2D eigenvalue weighted by molar-refractivity contribution is 1.32. The van der Waals surface area contributed by atoms with Gasteiger partial charge in [-0.25, -0.2) is 0 Å². The van der Waals surface area contributed by atoms with E-state index in [2.05, 4.69) is 74.9 Å². The molecule has 2 heteroatoms. The molecule has 22 heavy (non-hydrogen) atoms. The molecule has 0 unspecified atom stereocenters. The maximum absolute atomic E-state index is 8.10. The standard InChI is InChI=1S/C20H23NSi/c1-14-10-15(2)12-17(11-14)20-19-7-6-18(22(3,4)5)13-16(19)8-9-21-20/h6-13H,1-5H3/i9D. The highest BCUT2D eigenvalue weighted by Gasteiger charge is 2.17. The lowest BCUT2D eigenvalue weighted by Crippen LogP contribution is -2.37. The Bertz CT molecular complexity index is 874. The zero-order valence-electron chi connectivity index (χ0n) is 15.0. The minimum atomic E-state index is -1.36. The predicted octanol–water partition coefficient (Wildman–Crippen LogP) is 5.06. The first-order valence-corrected chi connectivity index (χ1v) is 11.2. The largest absolute Gasteiger partial charge is 0.256 e. The van der Waals surface area contributed by atoms with Crippen LogP contribution in [0.5, 0.6) is 0 Å². The topological polar surface area (TPSA) is 12.9 Å². The van der Waals surface area contributed by atoms with Crippen LogP contribution in [0.25, 0.3) is 22.0 Å². The first-order chi connectivity index (χ1) is 10.7. The van der Waals surface area contributed by atoms with Gasteiger partial charge in [-0.05, 0) is 37.4 Å². The van der Waals surface area contributed by atoms with Crippen molar-refractivity contribution in [2.75, 3.05) is 0 Å². The summed E-state index contributed by atoms with van der Waals surface area (Å²) in [5, 5.41) is 3.68. The van der Waals surface area contributed by atoms with E-state index in [1.54, 1.807) is 0 Å². The number of aromatic nitrogens is 1. The Balaban J connectivity index is 2.29. The Morgan fingerprint density at radius 3 is 2.23 bits per heavy atom. The molecule has 0 saturated carbocycles. The minimum Gasteiger partial charge on any atom is -0.256 e. The zero-order valence-corrected chi connectivity index (χ0v) is 15.0. The van der Waals surface area contributed by atoms with E-state index >= 15 is 0 Å². The van der Waals surface area contributed by atoms with E-state index in [9.17, 15) is 0 Å². The van der Waals surface area contributed by atoms with Crippen molar-refractivity contribution in [3.05, 3.63) is 59.8 Å². The number of fused-ring (bicyclic) bond motifs is 1. The van der Waals surface area contributed by atoms with Crippen LogP contribution in [0.1, 0.15) is 12.5 Å². The first kappa shape index (κ1) is 13.7. The normalized spacial score (nSPS) is 12.5. The van der Waals surface area contributed by atoms with Gasteiger partial charge in [-0.3, -0.25) is 4.98 Å². The average Bonchev–Trinajstić information content (AvgIpc) is 2.43. The van der Waals surface area contributed by atoms with E-state index in [0.29, 0.717) is 6.17 Å². The second-order valence-electron chi connectivity index (χ2n) is 7.16. The third-order valence-corrected chi connectivity index (χ3v) is 6.11. The molecule has 0 aliphatic rings. The van der Waals surface area contributed by atoms with Crippen LogP contribution in [0.3, 0.4) is 0 Å². The van der Waals surface area contributed by atoms with Crippen molar-refractivity contribution in [2.24, 2.45) is 0 Å². The van der Waals surface area contributed by atoms with E-state index in [4.69, 9.17) is 1.37 Å². The van der Waals surface area contributed by atoms with Gasteiger partial charge in [0.05, 0.1) is 15.1 Å². The van der Waals surface area contributed by atoms with Crippen molar-refractivity contribution in [3.63, 3.8) is 0 Å². The predicted molar refractivity (Wildman–Crippen MR) is 99.6 cm³/mol. The molecule has 0 bridgehead atoms. The van der Waals surface area contributed by atoms with Crippen LogP contribution in [0, 0.1) is 13.8 Å². The maximum atomic E-state index is 8.10. The van der Waals surface area contributed by atoms with Crippen molar-refractivity contribution in [1.82, 2.24) is 4.98 Å². The zero-order chi connectivity index (χ0) is 16.8. The molecule has 2 aromatic carbocycles. The molecule has 0 spiro atoms. The summed E-state index contributed by atoms with van der Waals surface area (Å²) in [6, 6.07) is 15.0. The summed E-state index contributed by atoms with van der Waals surface area (Å²) < 4.78 is 8.10. The summed E-state index contributed by atoms with van der Waals surface area (Å²) in [6.07, 6.45) is 0.333. The summed E-state index contributed by atoms with van der Waals surface area (Å²) >= 11 is 0. The monoisotopic (exact) mass is 306 g/mol. The quantitative estimate of drug-likeness (QED) is 0.603. The molecule has 0 atom stereocenters. The van der Waals surface area contributed by atoms with Crippen LogP contribution in [-0.2, 0) is 0 Å². The molecular formula is C20H23NSi. The van der Waals surface area contributed by atoms with Crippen molar-refractivity contribution >= 4 is 24.0 Å². The third kappa shape index (κ3) is 2.84. The van der Waals surface area contributed by atoms with E-state index in [0.717, 1.165) is 22.0 Å². The second kappa shape index (κ2) is 5.36. The summed E-state index contributed by atoms with van der Waals surface area (Å²) in [7, 11) is -1.36. The molecule has 1 heterocycles. The average molecular weight is 307 g/mol. The highest BCUT2D eigenvalue weighted by Crippen LogP contribution is 2.27. The van der Waals surface area contributed by atoms with E-state index in [-0.39, 0.29) is 0 Å². The molecule has 0 amide bonds. The van der Waals surface area contributed by atoms with Crippen LogP contribution in [0.4, 0.5) is 0 Å². The van der Waals surface area contributed by atoms with Gasteiger partial charge in [0.2, 0.25) is 0 Å². The number of hydrogen-bond acceptors (Lipinski definition) is 1. The van der Waals surface area contributed by atoms with Crippen molar-refractivity contribution in [3.8, 4) is 11.3 Å². The molecule has 1 aromatic heterocycles. The summed E-state index contributed by atoms with van der Waals surface area (Å²) in [4.78, 5) is 4.52. The van der Waals surface area contributed by atoms with Gasteiger partial charge < -0.3 is 0 Å². The third-order valence-electron chi connectivity index (χ3n) is 4.06. The Morgan fingerprint density at radius 2 is 1.59 bits per heavy atom. The maximum Gasteiger partial charge on any atom is 0.0840 e. The minimum absolute atomic E-state index is 0.333. The molecule has 3 rings (SSSR count). The fourth-order valence-corrected chi connectivity index (χ4v) is 4.09. The van der Waals surface area contributed by atoms with Gasteiger partial charge in [-0.15, -0.1) is 0 Å². The van der Waals surface area contributed by atoms with Crippen LogP contribution >= 0.6 is 0 Å². The van der Waals surface area contributed by atoms with Gasteiger partial charge in [0.15, 0.2) is 0 Å². The van der Waals surface area contributed by atoms with Gasteiger partial charge in [-0.2, -0.15) is 0 Å². The van der Waals surface area contributed by atoms with Gasteiger partial charge in [0, 0.05) is 17.1 Å². The molecule has 1 nitrogen and oxygen atoms in total. The van der Waals surface area contributed by atoms with E-state index in [1.165, 1.54) is 16.3 Å². The summed E-state index contributed by atoms with van der Waals surface area (Å²) in [5.41, 5.74) is 4.47. The van der Waals surface area contributed by atoms with Crippen molar-refractivity contribution in [2.45, 2.75) is 33.5 Å². The summed E-state index contributed by atoms with van der Waals surface area (Å²) in [5.74, 6) is 0. The molecular weight excluding hydrogens is 282 g/mol. The van der Waals surface area contributed by atoms with Crippen LogP contribution in [-0.4, -0.2) is 13.1 Å². The molecule has 0 N–H and O–H groups in total. The molecule has 0 fully saturated rings. The smallest absolute Gasteiger partial charge is 0.0840 e. The van der Waals surface area contributed by atoms with Gasteiger partial charge in [0.1, 0.15) is 0 Å². The molecule has 0 radical (unpaired) electrons. The van der Waals surface area contributed by atoms with E-state index < -0.39 is 8.07 Å². The fraction of sp³-hybridized carbons (Fsp3) is 0.250. The number of rotatable bonds is 2. The van der Waals surface area contributed by atoms with E-state index in [1.807, 2.05) is 6.07 Å². The number of aryl methyl sites for hydroxylation is 2. The second-order valence-corrected chi connectivity index (χ2v) is 12.2. The summed E-state index contributed by atoms with van der Waals surface area (Å²) in [6.45, 7) is 11.3. The van der Waals surface area contributed by atoms with Crippen LogP contribution < -0.4 is 5.19 Å². The van der Waals surface area contributed by atoms with Crippen LogP contribution in [0.15, 0.2) is 48.6 Å². The molecule has 0 aliphatic carbocycles.